The van der Waals surface area contributed by atoms with Crippen LogP contribution in [0.4, 0.5) is 4.39 Å². The molecule has 2 aliphatic carbocycles. The quantitative estimate of drug-likeness (QED) is 0.685. The van der Waals surface area contributed by atoms with Gasteiger partial charge < -0.3 is 15.2 Å². The number of carbonyl (C=O) groups excluding carboxylic acids is 1. The molecule has 4 rings (SSSR count). The highest BCUT2D eigenvalue weighted by molar-refractivity contribution is 6.20. The second-order valence-corrected chi connectivity index (χ2v) is 10.6. The predicted molar refractivity (Wildman–Crippen MR) is 112 cm³/mol. The number of nitrogens with zero attached hydrogens (tertiary/aromatic N) is 2. The Morgan fingerprint density at radius 2 is 2.07 bits per heavy atom. The number of aromatic nitrogens is 2. The number of halogens is 2. The molecule has 29 heavy (non-hydrogen) atoms. The van der Waals surface area contributed by atoms with Gasteiger partial charge >= 0.3 is 0 Å². The maximum Gasteiger partial charge on any atom is 0.237 e. The number of hydrogen-bond donors (Lipinski definition) is 2. The summed E-state index contributed by atoms with van der Waals surface area (Å²) >= 11 is 6.59. The largest absolute Gasteiger partial charge is 0.350 e. The lowest BCUT2D eigenvalue weighted by atomic mass is 9.75. The second kappa shape index (κ2) is 8.54. The first-order chi connectivity index (χ1) is 13.8. The van der Waals surface area contributed by atoms with E-state index in [0.717, 1.165) is 25.8 Å². The summed E-state index contributed by atoms with van der Waals surface area (Å²) in [5, 5.41) is 6.74. The highest BCUT2D eigenvalue weighted by atomic mass is 35.5. The Bertz CT molecular complexity index is 693. The molecule has 2 N–H and O–H groups in total. The van der Waals surface area contributed by atoms with Gasteiger partial charge in [-0.1, -0.05) is 0 Å². The number of piperidine rings is 1. The molecule has 1 saturated heterocycles. The van der Waals surface area contributed by atoms with Gasteiger partial charge in [0, 0.05) is 35.9 Å². The monoisotopic (exact) mass is 424 g/mol. The van der Waals surface area contributed by atoms with Crippen LogP contribution in [0.15, 0.2) is 18.7 Å². The van der Waals surface area contributed by atoms with Crippen LogP contribution in [-0.2, 0) is 11.3 Å². The Kier molecular flexibility index (Phi) is 6.22. The van der Waals surface area contributed by atoms with Crippen LogP contribution in [0.25, 0.3) is 0 Å². The zero-order chi connectivity index (χ0) is 20.6. The highest BCUT2D eigenvalue weighted by Gasteiger charge is 2.43. The minimum absolute atomic E-state index is 0.0903. The van der Waals surface area contributed by atoms with Gasteiger partial charge in [-0.15, -0.1) is 11.6 Å². The Balaban J connectivity index is 1.46. The summed E-state index contributed by atoms with van der Waals surface area (Å²) in [5.41, 5.74) is -0.160. The van der Waals surface area contributed by atoms with Crippen molar-refractivity contribution in [2.45, 2.75) is 94.5 Å². The molecule has 0 bridgehead atoms. The zero-order valence-electron chi connectivity index (χ0n) is 17.5. The number of rotatable bonds is 6. The van der Waals surface area contributed by atoms with Crippen molar-refractivity contribution in [1.29, 1.82) is 0 Å². The van der Waals surface area contributed by atoms with Crippen LogP contribution in [0, 0.1) is 17.8 Å². The number of alkyl halides is 2. The molecule has 162 valence electrons. The van der Waals surface area contributed by atoms with E-state index in [9.17, 15) is 9.18 Å². The highest BCUT2D eigenvalue weighted by Crippen LogP contribution is 2.40. The van der Waals surface area contributed by atoms with Gasteiger partial charge in [0.25, 0.3) is 0 Å². The molecule has 6 atom stereocenters. The molecule has 6 unspecified atom stereocenters. The zero-order valence-corrected chi connectivity index (χ0v) is 18.2. The van der Waals surface area contributed by atoms with E-state index in [-0.39, 0.29) is 34.8 Å². The van der Waals surface area contributed by atoms with Gasteiger partial charge in [-0.05, 0) is 76.5 Å². The molecule has 0 spiro atoms. The van der Waals surface area contributed by atoms with Crippen LogP contribution in [0.1, 0.15) is 58.8 Å². The fourth-order valence-electron chi connectivity index (χ4n) is 5.36. The molecule has 0 radical (unpaired) electrons. The van der Waals surface area contributed by atoms with Crippen molar-refractivity contribution >= 4 is 17.5 Å². The topological polar surface area (TPSA) is 59.0 Å². The lowest BCUT2D eigenvalue weighted by Crippen LogP contribution is -2.60. The molecule has 2 heterocycles. The molecule has 1 aliphatic heterocycles. The Labute approximate surface area is 178 Å². The van der Waals surface area contributed by atoms with Gasteiger partial charge in [-0.3, -0.25) is 4.79 Å². The maximum atomic E-state index is 13.8. The Morgan fingerprint density at radius 1 is 1.28 bits per heavy atom. The van der Waals surface area contributed by atoms with E-state index in [2.05, 4.69) is 34.0 Å². The molecular weight excluding hydrogens is 391 g/mol. The normalized spacial score (nSPS) is 36.0. The molecule has 5 nitrogen and oxygen atoms in total. The van der Waals surface area contributed by atoms with Gasteiger partial charge in [-0.2, -0.15) is 0 Å². The first-order valence-electron chi connectivity index (χ1n) is 11.1. The van der Waals surface area contributed by atoms with E-state index in [4.69, 9.17) is 11.6 Å². The summed E-state index contributed by atoms with van der Waals surface area (Å²) in [6.45, 7) is 5.10. The molecule has 3 fully saturated rings. The van der Waals surface area contributed by atoms with E-state index < -0.39 is 6.17 Å². The van der Waals surface area contributed by atoms with Gasteiger partial charge in [0.1, 0.15) is 6.17 Å². The third kappa shape index (κ3) is 5.13. The van der Waals surface area contributed by atoms with E-state index in [1.165, 1.54) is 12.8 Å². The SMILES string of the molecule is CC(C)(NC(=O)C1CC(Cn2ccnc2)CC(C2CCC(F)CC2Cl)N1)C1CC1. The smallest absolute Gasteiger partial charge is 0.237 e. The van der Waals surface area contributed by atoms with Gasteiger partial charge in [0.2, 0.25) is 5.91 Å². The average Bonchev–Trinajstić information content (AvgIpc) is 3.41. The number of imidazole rings is 1. The van der Waals surface area contributed by atoms with Crippen molar-refractivity contribution in [2.75, 3.05) is 0 Å². The molecule has 1 aromatic rings. The minimum atomic E-state index is -0.794. The third-order valence-corrected chi connectivity index (χ3v) is 7.74. The Hall–Kier alpha value is -1.14. The van der Waals surface area contributed by atoms with E-state index in [1.54, 1.807) is 6.20 Å². The van der Waals surface area contributed by atoms with Crippen molar-refractivity contribution in [3.63, 3.8) is 0 Å². The average molecular weight is 425 g/mol. The lowest BCUT2D eigenvalue weighted by Gasteiger charge is -2.43. The first-order valence-corrected chi connectivity index (χ1v) is 11.6. The number of hydrogen-bond acceptors (Lipinski definition) is 3. The number of amides is 1. The van der Waals surface area contributed by atoms with E-state index >= 15 is 0 Å². The van der Waals surface area contributed by atoms with Crippen molar-refractivity contribution in [3.8, 4) is 0 Å². The van der Waals surface area contributed by atoms with Crippen LogP contribution < -0.4 is 10.6 Å². The fraction of sp³-hybridized carbons (Fsp3) is 0.818. The minimum Gasteiger partial charge on any atom is -0.350 e. The molecule has 3 aliphatic rings. The molecule has 1 aromatic heterocycles. The number of nitrogens with one attached hydrogen (secondary N) is 2. The van der Waals surface area contributed by atoms with E-state index in [0.29, 0.717) is 24.7 Å². The van der Waals surface area contributed by atoms with Crippen LogP contribution >= 0.6 is 11.6 Å². The van der Waals surface area contributed by atoms with Gasteiger partial charge in [-0.25, -0.2) is 9.37 Å². The van der Waals surface area contributed by atoms with Crippen molar-refractivity contribution in [3.05, 3.63) is 18.7 Å². The predicted octanol–water partition coefficient (Wildman–Crippen LogP) is 3.67. The summed E-state index contributed by atoms with van der Waals surface area (Å²) < 4.78 is 15.9. The molecule has 1 amide bonds. The van der Waals surface area contributed by atoms with Crippen LogP contribution in [0.3, 0.4) is 0 Å². The summed E-state index contributed by atoms with van der Waals surface area (Å²) in [7, 11) is 0. The first kappa shape index (κ1) is 21.1. The second-order valence-electron chi connectivity index (χ2n) is 10.00. The number of carbonyl (C=O) groups is 1. The fourth-order valence-corrected chi connectivity index (χ4v) is 5.86. The standard InChI is InChI=1S/C22H34ClFN4O/c1-22(2,15-3-4-15)27-21(29)20-10-14(12-28-8-7-25-13-28)9-19(26-20)17-6-5-16(24)11-18(17)23/h7-8,13-20,26H,3-6,9-12H2,1-2H3,(H,27,29). The summed E-state index contributed by atoms with van der Waals surface area (Å²) in [4.78, 5) is 17.3. The summed E-state index contributed by atoms with van der Waals surface area (Å²) in [6, 6.07) is -0.0840. The maximum absolute atomic E-state index is 13.8. The summed E-state index contributed by atoms with van der Waals surface area (Å²) in [5.74, 6) is 1.25. The summed E-state index contributed by atoms with van der Waals surface area (Å²) in [6.07, 6.45) is 10.7. The van der Waals surface area contributed by atoms with Crippen LogP contribution in [0.5, 0.6) is 0 Å². The van der Waals surface area contributed by atoms with Gasteiger partial charge in [0.15, 0.2) is 0 Å². The third-order valence-electron chi connectivity index (χ3n) is 7.24. The van der Waals surface area contributed by atoms with Crippen molar-refractivity contribution in [2.24, 2.45) is 17.8 Å². The van der Waals surface area contributed by atoms with Crippen molar-refractivity contribution in [1.82, 2.24) is 20.2 Å². The van der Waals surface area contributed by atoms with Crippen LogP contribution in [-0.4, -0.2) is 44.6 Å². The molecular formula is C22H34ClFN4O. The molecule has 0 aromatic carbocycles. The van der Waals surface area contributed by atoms with E-state index in [1.807, 2.05) is 12.5 Å². The van der Waals surface area contributed by atoms with Crippen molar-refractivity contribution < 1.29 is 9.18 Å². The molecule has 7 heteroatoms. The van der Waals surface area contributed by atoms with Gasteiger partial charge in [0.05, 0.1) is 12.4 Å². The van der Waals surface area contributed by atoms with Crippen LogP contribution in [0.2, 0.25) is 0 Å². The lowest BCUT2D eigenvalue weighted by molar-refractivity contribution is -0.126. The Morgan fingerprint density at radius 3 is 2.72 bits per heavy atom. The molecule has 2 saturated carbocycles.